The highest BCUT2D eigenvalue weighted by Crippen LogP contribution is 2.17. The highest BCUT2D eigenvalue weighted by Gasteiger charge is 2.16. The Kier molecular flexibility index (Phi) is 7.64. The van der Waals surface area contributed by atoms with Crippen LogP contribution in [0.15, 0.2) is 30.3 Å². The Morgan fingerprint density at radius 1 is 1.04 bits per heavy atom. The highest BCUT2D eigenvalue weighted by atomic mass is 16.5. The number of esters is 1. The Hall–Kier alpha value is -1.84. The van der Waals surface area contributed by atoms with Crippen LogP contribution in [-0.4, -0.2) is 24.5 Å². The molecular formula is C19H27NO3. The van der Waals surface area contributed by atoms with Gasteiger partial charge in [0.1, 0.15) is 0 Å². The van der Waals surface area contributed by atoms with Gasteiger partial charge in [-0.2, -0.15) is 0 Å². The summed E-state index contributed by atoms with van der Waals surface area (Å²) in [5, 5.41) is 3.02. The lowest BCUT2D eigenvalue weighted by molar-refractivity contribution is -0.145. The molecule has 2 rings (SSSR count). The lowest BCUT2D eigenvalue weighted by Crippen LogP contribution is -2.36. The lowest BCUT2D eigenvalue weighted by Gasteiger charge is -2.22. The van der Waals surface area contributed by atoms with Crippen molar-refractivity contribution in [1.82, 2.24) is 5.32 Å². The van der Waals surface area contributed by atoms with Crippen molar-refractivity contribution in [2.75, 3.05) is 6.61 Å². The number of amides is 1. The van der Waals surface area contributed by atoms with Gasteiger partial charge in [0.05, 0.1) is 13.0 Å². The van der Waals surface area contributed by atoms with E-state index in [1.54, 1.807) is 0 Å². The molecule has 0 atom stereocenters. The van der Waals surface area contributed by atoms with Crippen LogP contribution in [0.4, 0.5) is 0 Å². The first-order valence-electron chi connectivity index (χ1n) is 8.73. The maximum atomic E-state index is 11.8. The standard InChI is InChI=1S/C19H27NO3/c21-18(20-17-11-5-2-6-12-17)13-14-19(22)23-15-7-10-16-8-3-1-4-9-16/h1,3-4,8-9,17H,2,5-7,10-15H2,(H,20,21). The monoisotopic (exact) mass is 317 g/mol. The molecule has 0 spiro atoms. The predicted octanol–water partition coefficient (Wildman–Crippen LogP) is 3.39. The minimum Gasteiger partial charge on any atom is -0.466 e. The van der Waals surface area contributed by atoms with Gasteiger partial charge < -0.3 is 10.1 Å². The third-order valence-corrected chi connectivity index (χ3v) is 4.24. The van der Waals surface area contributed by atoms with Crippen molar-refractivity contribution in [1.29, 1.82) is 0 Å². The topological polar surface area (TPSA) is 55.4 Å². The Morgan fingerprint density at radius 2 is 1.78 bits per heavy atom. The number of ether oxygens (including phenoxy) is 1. The molecule has 0 unspecified atom stereocenters. The van der Waals surface area contributed by atoms with Crippen LogP contribution in [0, 0.1) is 0 Å². The molecular weight excluding hydrogens is 290 g/mol. The Morgan fingerprint density at radius 3 is 2.52 bits per heavy atom. The van der Waals surface area contributed by atoms with E-state index in [9.17, 15) is 9.59 Å². The molecule has 4 nitrogen and oxygen atoms in total. The third kappa shape index (κ3) is 7.31. The fourth-order valence-corrected chi connectivity index (χ4v) is 2.94. The van der Waals surface area contributed by atoms with Crippen LogP contribution in [0.2, 0.25) is 0 Å². The van der Waals surface area contributed by atoms with Crippen LogP contribution < -0.4 is 5.32 Å². The SMILES string of the molecule is O=C(CCC(=O)OCCCc1ccccc1)NC1CCCCC1. The highest BCUT2D eigenvalue weighted by molar-refractivity contribution is 5.81. The molecule has 1 aromatic carbocycles. The average molecular weight is 317 g/mol. The van der Waals surface area contributed by atoms with Crippen LogP contribution >= 0.6 is 0 Å². The zero-order chi connectivity index (χ0) is 16.3. The third-order valence-electron chi connectivity index (χ3n) is 4.24. The molecule has 0 aromatic heterocycles. The van der Waals surface area contributed by atoms with Crippen LogP contribution in [0.5, 0.6) is 0 Å². The first kappa shape index (κ1) is 17.5. The second-order valence-corrected chi connectivity index (χ2v) is 6.21. The van der Waals surface area contributed by atoms with Crippen molar-refractivity contribution in [3.8, 4) is 0 Å². The quantitative estimate of drug-likeness (QED) is 0.590. The van der Waals surface area contributed by atoms with Gasteiger partial charge in [0.25, 0.3) is 0 Å². The van der Waals surface area contributed by atoms with Gasteiger partial charge in [0.15, 0.2) is 0 Å². The molecule has 0 saturated heterocycles. The van der Waals surface area contributed by atoms with Crippen molar-refractivity contribution in [2.45, 2.75) is 63.8 Å². The van der Waals surface area contributed by atoms with E-state index in [-0.39, 0.29) is 24.7 Å². The van der Waals surface area contributed by atoms with Gasteiger partial charge in [-0.05, 0) is 31.2 Å². The first-order valence-corrected chi connectivity index (χ1v) is 8.73. The summed E-state index contributed by atoms with van der Waals surface area (Å²) in [5.74, 6) is -0.310. The first-order chi connectivity index (χ1) is 11.2. The minimum absolute atomic E-state index is 0.0295. The van der Waals surface area contributed by atoms with Crippen molar-refractivity contribution >= 4 is 11.9 Å². The normalized spacial score (nSPS) is 15.1. The zero-order valence-electron chi connectivity index (χ0n) is 13.8. The molecule has 1 fully saturated rings. The van der Waals surface area contributed by atoms with Crippen LogP contribution in [0.25, 0.3) is 0 Å². The summed E-state index contributed by atoms with van der Waals surface area (Å²) in [5.41, 5.74) is 1.25. The van der Waals surface area contributed by atoms with Gasteiger partial charge in [0.2, 0.25) is 5.91 Å². The second-order valence-electron chi connectivity index (χ2n) is 6.21. The molecule has 0 aliphatic heterocycles. The molecule has 1 saturated carbocycles. The summed E-state index contributed by atoms with van der Waals surface area (Å²) in [4.78, 5) is 23.5. The summed E-state index contributed by atoms with van der Waals surface area (Å²) in [6, 6.07) is 10.4. The van der Waals surface area contributed by atoms with E-state index in [0.717, 1.165) is 25.7 Å². The number of benzene rings is 1. The number of carbonyl (C=O) groups is 2. The van der Waals surface area contributed by atoms with E-state index in [1.807, 2.05) is 18.2 Å². The Balaban J connectivity index is 1.51. The van der Waals surface area contributed by atoms with Gasteiger partial charge >= 0.3 is 5.97 Å². The maximum absolute atomic E-state index is 11.8. The molecule has 4 heteroatoms. The molecule has 0 radical (unpaired) electrons. The molecule has 1 aliphatic carbocycles. The van der Waals surface area contributed by atoms with E-state index in [2.05, 4.69) is 17.4 Å². The summed E-state index contributed by atoms with van der Waals surface area (Å²) >= 11 is 0. The summed E-state index contributed by atoms with van der Waals surface area (Å²) < 4.78 is 5.19. The van der Waals surface area contributed by atoms with E-state index >= 15 is 0 Å². The number of hydrogen-bond donors (Lipinski definition) is 1. The summed E-state index contributed by atoms with van der Waals surface area (Å²) in [6.07, 6.45) is 7.88. The molecule has 0 heterocycles. The fraction of sp³-hybridized carbons (Fsp3) is 0.579. The number of carbonyl (C=O) groups excluding carboxylic acids is 2. The van der Waals surface area contributed by atoms with Crippen LogP contribution in [-0.2, 0) is 20.7 Å². The van der Waals surface area contributed by atoms with E-state index in [0.29, 0.717) is 12.6 Å². The van der Waals surface area contributed by atoms with Gasteiger partial charge in [-0.25, -0.2) is 0 Å². The Labute approximate surface area is 138 Å². The van der Waals surface area contributed by atoms with E-state index in [1.165, 1.54) is 24.8 Å². The number of rotatable bonds is 8. The smallest absolute Gasteiger partial charge is 0.306 e. The molecule has 23 heavy (non-hydrogen) atoms. The van der Waals surface area contributed by atoms with Crippen LogP contribution in [0.1, 0.15) is 56.9 Å². The zero-order valence-corrected chi connectivity index (χ0v) is 13.8. The van der Waals surface area contributed by atoms with Crippen LogP contribution in [0.3, 0.4) is 0 Å². The van der Waals surface area contributed by atoms with Crippen molar-refractivity contribution in [2.24, 2.45) is 0 Å². The fourth-order valence-electron chi connectivity index (χ4n) is 2.94. The molecule has 1 aliphatic rings. The average Bonchev–Trinajstić information content (AvgIpc) is 2.59. The maximum Gasteiger partial charge on any atom is 0.306 e. The van der Waals surface area contributed by atoms with E-state index in [4.69, 9.17) is 4.74 Å². The second kappa shape index (κ2) is 10.0. The Bertz CT molecular complexity index is 481. The van der Waals surface area contributed by atoms with Gasteiger partial charge in [-0.3, -0.25) is 9.59 Å². The molecule has 1 N–H and O–H groups in total. The minimum atomic E-state index is -0.281. The molecule has 126 valence electrons. The van der Waals surface area contributed by atoms with Crippen molar-refractivity contribution < 1.29 is 14.3 Å². The summed E-state index contributed by atoms with van der Waals surface area (Å²) in [6.45, 7) is 0.415. The number of aryl methyl sites for hydroxylation is 1. The van der Waals surface area contributed by atoms with Gasteiger partial charge in [-0.1, -0.05) is 49.6 Å². The van der Waals surface area contributed by atoms with Gasteiger partial charge in [0, 0.05) is 12.5 Å². The molecule has 1 aromatic rings. The predicted molar refractivity (Wildman–Crippen MR) is 90.0 cm³/mol. The molecule has 0 bridgehead atoms. The van der Waals surface area contributed by atoms with Crippen molar-refractivity contribution in [3.63, 3.8) is 0 Å². The molecule has 1 amide bonds. The van der Waals surface area contributed by atoms with Crippen molar-refractivity contribution in [3.05, 3.63) is 35.9 Å². The lowest BCUT2D eigenvalue weighted by atomic mass is 9.95. The van der Waals surface area contributed by atoms with E-state index < -0.39 is 0 Å². The largest absolute Gasteiger partial charge is 0.466 e. The van der Waals surface area contributed by atoms with Gasteiger partial charge in [-0.15, -0.1) is 0 Å². The number of hydrogen-bond acceptors (Lipinski definition) is 3. The summed E-state index contributed by atoms with van der Waals surface area (Å²) in [7, 11) is 0. The number of nitrogens with one attached hydrogen (secondary N) is 1.